The average Bonchev–Trinajstić information content (AvgIpc) is 2.51. The third-order valence-corrected chi connectivity index (χ3v) is 4.46. The van der Waals surface area contributed by atoms with Crippen molar-refractivity contribution in [1.29, 1.82) is 0 Å². The molecule has 0 fully saturated rings. The van der Waals surface area contributed by atoms with Gasteiger partial charge < -0.3 is 11.1 Å². The first-order valence-electron chi connectivity index (χ1n) is 8.42. The molecule has 1 aromatic carbocycles. The molecule has 0 amide bonds. The van der Waals surface area contributed by atoms with Crippen LogP contribution in [0.2, 0.25) is 0 Å². The van der Waals surface area contributed by atoms with Crippen LogP contribution in [0.1, 0.15) is 45.6 Å². The van der Waals surface area contributed by atoms with Gasteiger partial charge in [-0.2, -0.15) is 0 Å². The lowest BCUT2D eigenvalue weighted by Crippen LogP contribution is -2.25. The molecular weight excluding hydrogens is 307 g/mol. The van der Waals surface area contributed by atoms with Gasteiger partial charge >= 0.3 is 0 Å². The quantitative estimate of drug-likeness (QED) is 0.816. The number of fused-ring (bicyclic) bond motifs is 1. The van der Waals surface area contributed by atoms with Crippen molar-refractivity contribution in [1.82, 2.24) is 9.55 Å². The van der Waals surface area contributed by atoms with Gasteiger partial charge in [-0.25, -0.2) is 9.37 Å². The van der Waals surface area contributed by atoms with Crippen molar-refractivity contribution < 1.29 is 4.39 Å². The zero-order valence-corrected chi connectivity index (χ0v) is 14.9. The summed E-state index contributed by atoms with van der Waals surface area (Å²) in [6, 6.07) is 2.56. The molecule has 0 saturated carbocycles. The monoisotopic (exact) mass is 334 g/mol. The number of anilines is 1. The van der Waals surface area contributed by atoms with Gasteiger partial charge in [-0.3, -0.25) is 9.36 Å². The van der Waals surface area contributed by atoms with Crippen LogP contribution < -0.4 is 16.6 Å². The maximum Gasteiger partial charge on any atom is 0.262 e. The summed E-state index contributed by atoms with van der Waals surface area (Å²) in [7, 11) is 1.64. The normalized spacial score (nSPS) is 11.9. The van der Waals surface area contributed by atoms with Crippen molar-refractivity contribution in [2.24, 2.45) is 18.2 Å². The van der Waals surface area contributed by atoms with E-state index >= 15 is 0 Å². The second-order valence-electron chi connectivity index (χ2n) is 7.06. The highest BCUT2D eigenvalue weighted by atomic mass is 19.1. The summed E-state index contributed by atoms with van der Waals surface area (Å²) < 4.78 is 15.1. The van der Waals surface area contributed by atoms with Crippen LogP contribution in [0.15, 0.2) is 16.9 Å². The fourth-order valence-electron chi connectivity index (χ4n) is 3.04. The molecule has 3 N–H and O–H groups in total. The number of nitrogens with two attached hydrogens (primary N) is 1. The number of nitrogens with one attached hydrogen (secondary N) is 1. The molecule has 0 radical (unpaired) electrons. The van der Waals surface area contributed by atoms with Crippen molar-refractivity contribution in [3.63, 3.8) is 0 Å². The molecule has 24 heavy (non-hydrogen) atoms. The average molecular weight is 334 g/mol. The number of benzene rings is 1. The third kappa shape index (κ3) is 3.93. The number of nitrogens with zero attached hydrogens (tertiary/aromatic N) is 2. The van der Waals surface area contributed by atoms with Crippen LogP contribution in [0.3, 0.4) is 0 Å². The summed E-state index contributed by atoms with van der Waals surface area (Å²) in [6.07, 6.45) is 3.27. The molecule has 132 valence electrons. The number of hydrogen-bond donors (Lipinski definition) is 2. The van der Waals surface area contributed by atoms with E-state index in [1.165, 1.54) is 16.7 Å². The summed E-state index contributed by atoms with van der Waals surface area (Å²) in [5.41, 5.74) is 6.65. The van der Waals surface area contributed by atoms with Crippen LogP contribution in [0, 0.1) is 11.2 Å². The van der Waals surface area contributed by atoms with Crippen LogP contribution >= 0.6 is 0 Å². The number of hydrogen-bond acceptors (Lipinski definition) is 4. The largest absolute Gasteiger partial charge is 0.356 e. The Morgan fingerprint density at radius 3 is 2.67 bits per heavy atom. The second kappa shape index (κ2) is 7.30. The number of aromatic nitrogens is 2. The SMILES string of the molecule is CCCC(C)(C)CCNc1nc2c(CN)cc(F)cc2c(=O)n1C. The van der Waals surface area contributed by atoms with E-state index in [9.17, 15) is 9.18 Å². The Labute approximate surface area is 142 Å². The number of halogens is 1. The predicted octanol–water partition coefficient (Wildman–Crippen LogP) is 3.16. The molecule has 0 unspecified atom stereocenters. The summed E-state index contributed by atoms with van der Waals surface area (Å²) in [4.78, 5) is 17.0. The topological polar surface area (TPSA) is 72.9 Å². The Balaban J connectivity index is 2.33. The first-order valence-corrected chi connectivity index (χ1v) is 8.42. The zero-order chi connectivity index (χ0) is 17.9. The van der Waals surface area contributed by atoms with Gasteiger partial charge in [0.1, 0.15) is 5.82 Å². The minimum absolute atomic E-state index is 0.136. The highest BCUT2D eigenvalue weighted by Crippen LogP contribution is 2.26. The van der Waals surface area contributed by atoms with Crippen molar-refractivity contribution in [3.05, 3.63) is 33.9 Å². The van der Waals surface area contributed by atoms with Gasteiger partial charge in [0.15, 0.2) is 0 Å². The van der Waals surface area contributed by atoms with Crippen molar-refractivity contribution >= 4 is 16.9 Å². The van der Waals surface area contributed by atoms with Crippen LogP contribution in [0.4, 0.5) is 10.3 Å². The molecule has 1 heterocycles. The Hall–Kier alpha value is -1.95. The lowest BCUT2D eigenvalue weighted by atomic mass is 9.85. The van der Waals surface area contributed by atoms with Gasteiger partial charge in [-0.05, 0) is 36.0 Å². The standard InChI is InChI=1S/C18H27FN4O/c1-5-6-18(2,3)7-8-21-17-22-15-12(11-20)9-13(19)10-14(15)16(24)23(17)4/h9-10H,5-8,11,20H2,1-4H3,(H,21,22). The van der Waals surface area contributed by atoms with Crippen LogP contribution in [-0.4, -0.2) is 16.1 Å². The van der Waals surface area contributed by atoms with Gasteiger partial charge in [-0.15, -0.1) is 0 Å². The smallest absolute Gasteiger partial charge is 0.262 e. The van der Waals surface area contributed by atoms with Crippen LogP contribution in [-0.2, 0) is 13.6 Å². The van der Waals surface area contributed by atoms with Crippen molar-refractivity contribution in [2.75, 3.05) is 11.9 Å². The lowest BCUT2D eigenvalue weighted by molar-refractivity contribution is 0.313. The first kappa shape index (κ1) is 18.4. The molecule has 0 spiro atoms. The molecule has 0 saturated heterocycles. The van der Waals surface area contributed by atoms with Crippen LogP contribution in [0.25, 0.3) is 10.9 Å². The Morgan fingerprint density at radius 1 is 1.33 bits per heavy atom. The van der Waals surface area contributed by atoms with Gasteiger partial charge in [0, 0.05) is 20.1 Å². The molecule has 0 bridgehead atoms. The maximum absolute atomic E-state index is 13.7. The van der Waals surface area contributed by atoms with E-state index in [1.54, 1.807) is 7.05 Å². The molecule has 0 aliphatic heterocycles. The molecule has 0 aliphatic rings. The van der Waals surface area contributed by atoms with Crippen LogP contribution in [0.5, 0.6) is 0 Å². The summed E-state index contributed by atoms with van der Waals surface area (Å²) >= 11 is 0. The zero-order valence-electron chi connectivity index (χ0n) is 14.9. The Bertz CT molecular complexity index is 783. The Morgan fingerprint density at radius 2 is 2.04 bits per heavy atom. The first-order chi connectivity index (χ1) is 11.3. The van der Waals surface area contributed by atoms with E-state index in [0.717, 1.165) is 25.8 Å². The summed E-state index contributed by atoms with van der Waals surface area (Å²) in [6.45, 7) is 7.51. The van der Waals surface area contributed by atoms with Crippen molar-refractivity contribution in [2.45, 2.75) is 46.6 Å². The highest BCUT2D eigenvalue weighted by molar-refractivity contribution is 5.82. The predicted molar refractivity (Wildman–Crippen MR) is 96.6 cm³/mol. The molecule has 1 aromatic heterocycles. The molecule has 5 nitrogen and oxygen atoms in total. The maximum atomic E-state index is 13.7. The minimum atomic E-state index is -0.469. The fourth-order valence-corrected chi connectivity index (χ4v) is 3.04. The van der Waals surface area contributed by atoms with Gasteiger partial charge in [0.2, 0.25) is 5.95 Å². The summed E-state index contributed by atoms with van der Waals surface area (Å²) in [5.74, 6) is 0.0185. The van der Waals surface area contributed by atoms with E-state index < -0.39 is 5.82 Å². The van der Waals surface area contributed by atoms with E-state index in [1.807, 2.05) is 0 Å². The highest BCUT2D eigenvalue weighted by Gasteiger charge is 2.17. The molecule has 2 rings (SSSR count). The third-order valence-electron chi connectivity index (χ3n) is 4.46. The van der Waals surface area contributed by atoms with Gasteiger partial charge in [0.25, 0.3) is 5.56 Å². The van der Waals surface area contributed by atoms with E-state index in [2.05, 4.69) is 31.1 Å². The molecular formula is C18H27FN4O. The molecule has 0 atom stereocenters. The van der Waals surface area contributed by atoms with Crippen molar-refractivity contribution in [3.8, 4) is 0 Å². The van der Waals surface area contributed by atoms with Gasteiger partial charge in [-0.1, -0.05) is 27.2 Å². The number of rotatable bonds is 7. The summed E-state index contributed by atoms with van der Waals surface area (Å²) in [5, 5.41) is 3.50. The Kier molecular flexibility index (Phi) is 5.59. The minimum Gasteiger partial charge on any atom is -0.356 e. The lowest BCUT2D eigenvalue weighted by Gasteiger charge is -2.24. The second-order valence-corrected chi connectivity index (χ2v) is 7.06. The van der Waals surface area contributed by atoms with E-state index in [0.29, 0.717) is 17.0 Å². The van der Waals surface area contributed by atoms with E-state index in [-0.39, 0.29) is 22.9 Å². The molecule has 6 heteroatoms. The van der Waals surface area contributed by atoms with E-state index in [4.69, 9.17) is 5.73 Å². The molecule has 0 aliphatic carbocycles. The molecule has 2 aromatic rings. The fraction of sp³-hybridized carbons (Fsp3) is 0.556. The van der Waals surface area contributed by atoms with Gasteiger partial charge in [0.05, 0.1) is 10.9 Å².